The van der Waals surface area contributed by atoms with Gasteiger partial charge >= 0.3 is 0 Å². The number of anilines is 1. The van der Waals surface area contributed by atoms with Crippen LogP contribution in [0.3, 0.4) is 0 Å². The van der Waals surface area contributed by atoms with Gasteiger partial charge in [0.05, 0.1) is 13.7 Å². The van der Waals surface area contributed by atoms with Gasteiger partial charge in [-0.25, -0.2) is 0 Å². The van der Waals surface area contributed by atoms with E-state index in [1.165, 1.54) is 0 Å². The van der Waals surface area contributed by atoms with E-state index in [2.05, 4.69) is 50.5 Å². The summed E-state index contributed by atoms with van der Waals surface area (Å²) in [4.78, 5) is 12.5. The SMILES string of the molecule is CCOc1c(I)cc(C=C(C#N)C(=O)Nc2ccc(C)c(C)c2)cc1I. The highest BCUT2D eigenvalue weighted by Gasteiger charge is 2.12. The molecule has 0 spiro atoms. The van der Waals surface area contributed by atoms with Gasteiger partial charge in [0.2, 0.25) is 0 Å². The highest BCUT2D eigenvalue weighted by Crippen LogP contribution is 2.30. The number of ether oxygens (including phenoxy) is 1. The first kappa shape index (κ1) is 20.7. The third-order valence-electron chi connectivity index (χ3n) is 3.75. The number of hydrogen-bond acceptors (Lipinski definition) is 3. The number of hydrogen-bond donors (Lipinski definition) is 1. The van der Waals surface area contributed by atoms with Gasteiger partial charge in [-0.15, -0.1) is 0 Å². The van der Waals surface area contributed by atoms with Gasteiger partial charge in [-0.2, -0.15) is 5.26 Å². The Morgan fingerprint density at radius 2 is 1.85 bits per heavy atom. The lowest BCUT2D eigenvalue weighted by Crippen LogP contribution is -2.13. The van der Waals surface area contributed by atoms with Gasteiger partial charge in [-0.3, -0.25) is 4.79 Å². The molecule has 0 aliphatic rings. The van der Waals surface area contributed by atoms with Crippen molar-refractivity contribution in [1.82, 2.24) is 0 Å². The molecule has 4 nitrogen and oxygen atoms in total. The molecular weight excluding hydrogens is 554 g/mol. The van der Waals surface area contributed by atoms with Crippen LogP contribution in [0.4, 0.5) is 5.69 Å². The Balaban J connectivity index is 2.28. The number of carbonyl (C=O) groups is 1. The maximum absolute atomic E-state index is 12.5. The monoisotopic (exact) mass is 572 g/mol. The van der Waals surface area contributed by atoms with E-state index in [1.54, 1.807) is 6.08 Å². The predicted molar refractivity (Wildman–Crippen MR) is 121 cm³/mol. The van der Waals surface area contributed by atoms with E-state index in [-0.39, 0.29) is 5.57 Å². The van der Waals surface area contributed by atoms with Crippen molar-refractivity contribution in [2.24, 2.45) is 0 Å². The summed E-state index contributed by atoms with van der Waals surface area (Å²) in [5.41, 5.74) is 3.75. The van der Waals surface area contributed by atoms with Crippen LogP contribution in [-0.4, -0.2) is 12.5 Å². The van der Waals surface area contributed by atoms with Gasteiger partial charge in [0.25, 0.3) is 5.91 Å². The molecular formula is C20H18I2N2O2. The van der Waals surface area contributed by atoms with Crippen molar-refractivity contribution in [3.05, 3.63) is 59.7 Å². The number of amides is 1. The lowest BCUT2D eigenvalue weighted by molar-refractivity contribution is -0.112. The molecule has 0 aromatic heterocycles. The Labute approximate surface area is 180 Å². The van der Waals surface area contributed by atoms with Crippen molar-refractivity contribution in [2.75, 3.05) is 11.9 Å². The Morgan fingerprint density at radius 3 is 2.38 bits per heavy atom. The number of rotatable bonds is 5. The van der Waals surface area contributed by atoms with Crippen LogP contribution in [-0.2, 0) is 4.79 Å². The summed E-state index contributed by atoms with van der Waals surface area (Å²) in [5.74, 6) is 0.401. The first-order valence-electron chi connectivity index (χ1n) is 7.98. The summed E-state index contributed by atoms with van der Waals surface area (Å²) in [7, 11) is 0. The second-order valence-corrected chi connectivity index (χ2v) is 7.99. The molecule has 0 atom stereocenters. The number of carbonyl (C=O) groups excluding carboxylic acids is 1. The molecule has 0 heterocycles. The highest BCUT2D eigenvalue weighted by atomic mass is 127. The molecule has 1 N–H and O–H groups in total. The molecule has 0 aliphatic carbocycles. The first-order chi connectivity index (χ1) is 12.3. The van der Waals surface area contributed by atoms with Gasteiger partial charge in [0.15, 0.2) is 0 Å². The van der Waals surface area contributed by atoms with E-state index in [0.29, 0.717) is 12.3 Å². The fourth-order valence-electron chi connectivity index (χ4n) is 2.28. The number of nitriles is 1. The van der Waals surface area contributed by atoms with Crippen LogP contribution in [0.5, 0.6) is 5.75 Å². The molecule has 0 aliphatic heterocycles. The molecule has 0 unspecified atom stereocenters. The fraction of sp³-hybridized carbons (Fsp3) is 0.200. The largest absolute Gasteiger partial charge is 0.492 e. The third kappa shape index (κ3) is 5.20. The Bertz CT molecular complexity index is 892. The minimum atomic E-state index is -0.422. The number of nitrogens with one attached hydrogen (secondary N) is 1. The smallest absolute Gasteiger partial charge is 0.266 e. The molecule has 26 heavy (non-hydrogen) atoms. The number of nitrogens with zero attached hydrogens (tertiary/aromatic N) is 1. The van der Waals surface area contributed by atoms with E-state index in [1.807, 2.05) is 57.2 Å². The summed E-state index contributed by atoms with van der Waals surface area (Å²) >= 11 is 4.39. The summed E-state index contributed by atoms with van der Waals surface area (Å²) in [6.07, 6.45) is 1.59. The van der Waals surface area contributed by atoms with Crippen LogP contribution in [0.25, 0.3) is 6.08 Å². The zero-order valence-electron chi connectivity index (χ0n) is 14.7. The average Bonchev–Trinajstić information content (AvgIpc) is 2.59. The predicted octanol–water partition coefficient (Wildman–Crippen LogP) is 5.46. The molecule has 2 aromatic rings. The van der Waals surface area contributed by atoms with Gasteiger partial charge in [-0.1, -0.05) is 6.07 Å². The lowest BCUT2D eigenvalue weighted by atomic mass is 10.1. The van der Waals surface area contributed by atoms with Crippen LogP contribution >= 0.6 is 45.2 Å². The van der Waals surface area contributed by atoms with Crippen molar-refractivity contribution < 1.29 is 9.53 Å². The van der Waals surface area contributed by atoms with Crippen LogP contribution < -0.4 is 10.1 Å². The molecule has 0 radical (unpaired) electrons. The third-order valence-corrected chi connectivity index (χ3v) is 5.35. The van der Waals surface area contributed by atoms with Crippen LogP contribution in [0.2, 0.25) is 0 Å². The van der Waals surface area contributed by atoms with E-state index >= 15 is 0 Å². The second-order valence-electron chi connectivity index (χ2n) is 5.67. The van der Waals surface area contributed by atoms with Crippen LogP contribution in [0.15, 0.2) is 35.9 Å². The summed E-state index contributed by atoms with van der Waals surface area (Å²) in [6, 6.07) is 11.5. The minimum absolute atomic E-state index is 0.0546. The normalized spacial score (nSPS) is 11.0. The van der Waals surface area contributed by atoms with Crippen molar-refractivity contribution in [1.29, 1.82) is 5.26 Å². The van der Waals surface area contributed by atoms with E-state index in [0.717, 1.165) is 29.6 Å². The zero-order chi connectivity index (χ0) is 19.3. The highest BCUT2D eigenvalue weighted by molar-refractivity contribution is 14.1. The molecule has 0 fully saturated rings. The summed E-state index contributed by atoms with van der Waals surface area (Å²) in [6.45, 7) is 6.51. The number of aryl methyl sites for hydroxylation is 2. The van der Waals surface area contributed by atoms with E-state index in [9.17, 15) is 10.1 Å². The van der Waals surface area contributed by atoms with E-state index < -0.39 is 5.91 Å². The van der Waals surface area contributed by atoms with Crippen LogP contribution in [0.1, 0.15) is 23.6 Å². The molecule has 0 bridgehead atoms. The zero-order valence-corrected chi connectivity index (χ0v) is 19.0. The van der Waals surface area contributed by atoms with Gasteiger partial charge < -0.3 is 10.1 Å². The van der Waals surface area contributed by atoms with Crippen molar-refractivity contribution in [3.8, 4) is 11.8 Å². The number of halogens is 2. The van der Waals surface area contributed by atoms with Crippen molar-refractivity contribution in [3.63, 3.8) is 0 Å². The van der Waals surface area contributed by atoms with Gasteiger partial charge in [0, 0.05) is 5.69 Å². The molecule has 6 heteroatoms. The van der Waals surface area contributed by atoms with Gasteiger partial charge in [0.1, 0.15) is 17.4 Å². The molecule has 1 amide bonds. The first-order valence-corrected chi connectivity index (χ1v) is 10.1. The van der Waals surface area contributed by atoms with Crippen molar-refractivity contribution >= 4 is 62.9 Å². The maximum atomic E-state index is 12.5. The van der Waals surface area contributed by atoms with E-state index in [4.69, 9.17) is 4.74 Å². The topological polar surface area (TPSA) is 62.1 Å². The second kappa shape index (κ2) is 9.37. The molecule has 2 aromatic carbocycles. The Morgan fingerprint density at radius 1 is 1.19 bits per heavy atom. The van der Waals surface area contributed by atoms with Gasteiger partial charge in [-0.05, 0) is 113 Å². The minimum Gasteiger partial charge on any atom is -0.492 e. The van der Waals surface area contributed by atoms with Crippen molar-refractivity contribution in [2.45, 2.75) is 20.8 Å². The lowest BCUT2D eigenvalue weighted by Gasteiger charge is -2.10. The Kier molecular flexibility index (Phi) is 7.46. The number of benzene rings is 2. The molecule has 134 valence electrons. The summed E-state index contributed by atoms with van der Waals surface area (Å²) < 4.78 is 7.50. The molecule has 0 saturated heterocycles. The summed E-state index contributed by atoms with van der Waals surface area (Å²) in [5, 5.41) is 12.2. The standard InChI is InChI=1S/C20H18I2N2O2/c1-4-26-19-17(21)9-14(10-18(19)22)8-15(11-23)20(25)24-16-6-5-12(2)13(3)7-16/h5-10H,4H2,1-3H3,(H,24,25). The molecule has 0 saturated carbocycles. The fourth-order valence-corrected chi connectivity index (χ4v) is 4.41. The molecule has 2 rings (SSSR count). The van der Waals surface area contributed by atoms with Crippen LogP contribution in [0, 0.1) is 32.3 Å². The average molecular weight is 572 g/mol. The Hall–Kier alpha value is -1.60. The quantitative estimate of drug-likeness (QED) is 0.295. The maximum Gasteiger partial charge on any atom is 0.266 e.